The van der Waals surface area contributed by atoms with Crippen LogP contribution in [0.25, 0.3) is 0 Å². The van der Waals surface area contributed by atoms with Gasteiger partial charge >= 0.3 is 12.1 Å². The van der Waals surface area contributed by atoms with Gasteiger partial charge in [0.1, 0.15) is 5.76 Å². The maximum Gasteiger partial charge on any atom is 0.416 e. The predicted octanol–water partition coefficient (Wildman–Crippen LogP) is 2.23. The Kier molecular flexibility index (Phi) is 6.80. The maximum absolute atomic E-state index is 12.5. The van der Waals surface area contributed by atoms with Crippen LogP contribution in [0.2, 0.25) is 0 Å². The number of halogens is 3. The van der Waals surface area contributed by atoms with Gasteiger partial charge in [-0.05, 0) is 36.4 Å². The molecule has 0 fully saturated rings. The minimum atomic E-state index is -4.52. The molecular formula is C18H17F3N2O5. The Balaban J connectivity index is 1.77. The molecule has 0 radical (unpaired) electrons. The fourth-order valence-corrected chi connectivity index (χ4v) is 2.07. The van der Waals surface area contributed by atoms with E-state index in [1.807, 2.05) is 0 Å². The van der Waals surface area contributed by atoms with Gasteiger partial charge in [0.2, 0.25) is 5.91 Å². The van der Waals surface area contributed by atoms with E-state index in [1.54, 1.807) is 12.1 Å². The Bertz CT molecular complexity index is 817. The van der Waals surface area contributed by atoms with Crippen LogP contribution >= 0.6 is 0 Å². The highest BCUT2D eigenvalue weighted by Crippen LogP contribution is 2.29. The number of rotatable bonds is 7. The summed E-state index contributed by atoms with van der Waals surface area (Å²) < 4.78 is 47.3. The first-order valence-electron chi connectivity index (χ1n) is 8.04. The van der Waals surface area contributed by atoms with Crippen molar-refractivity contribution in [1.29, 1.82) is 0 Å². The molecule has 2 amide bonds. The van der Waals surface area contributed by atoms with Gasteiger partial charge in [-0.15, -0.1) is 0 Å². The van der Waals surface area contributed by atoms with Crippen molar-refractivity contribution in [2.24, 2.45) is 0 Å². The van der Waals surface area contributed by atoms with Crippen molar-refractivity contribution < 1.29 is 36.7 Å². The molecule has 28 heavy (non-hydrogen) atoms. The minimum Gasteiger partial charge on any atom is -0.467 e. The van der Waals surface area contributed by atoms with E-state index in [4.69, 9.17) is 9.15 Å². The van der Waals surface area contributed by atoms with Crippen molar-refractivity contribution in [1.82, 2.24) is 10.2 Å². The van der Waals surface area contributed by atoms with Crippen molar-refractivity contribution in [2.45, 2.75) is 12.7 Å². The molecule has 0 aliphatic rings. The highest BCUT2D eigenvalue weighted by molar-refractivity contribution is 5.92. The van der Waals surface area contributed by atoms with E-state index in [0.717, 1.165) is 29.2 Å². The van der Waals surface area contributed by atoms with Gasteiger partial charge < -0.3 is 19.4 Å². The molecule has 1 N–H and O–H groups in total. The van der Waals surface area contributed by atoms with Crippen LogP contribution in [0.4, 0.5) is 13.2 Å². The van der Waals surface area contributed by atoms with Crippen molar-refractivity contribution in [3.8, 4) is 0 Å². The third-order valence-electron chi connectivity index (χ3n) is 3.62. The van der Waals surface area contributed by atoms with Gasteiger partial charge in [0.05, 0.1) is 30.5 Å². The Hall–Kier alpha value is -3.30. The number of carbonyl (C=O) groups is 3. The molecule has 1 heterocycles. The summed E-state index contributed by atoms with van der Waals surface area (Å²) in [4.78, 5) is 36.6. The quantitative estimate of drug-likeness (QED) is 0.723. The molecule has 0 saturated carbocycles. The molecule has 0 saturated heterocycles. The number of hydrogen-bond acceptors (Lipinski definition) is 5. The zero-order valence-electron chi connectivity index (χ0n) is 14.8. The molecule has 10 heteroatoms. The molecule has 0 aliphatic carbocycles. The molecule has 150 valence electrons. The molecule has 0 aliphatic heterocycles. The zero-order chi connectivity index (χ0) is 20.7. The normalized spacial score (nSPS) is 11.0. The van der Waals surface area contributed by atoms with Crippen LogP contribution in [0.3, 0.4) is 0 Å². The lowest BCUT2D eigenvalue weighted by Crippen LogP contribution is -2.39. The molecular weight excluding hydrogens is 381 g/mol. The van der Waals surface area contributed by atoms with Crippen molar-refractivity contribution >= 4 is 17.8 Å². The van der Waals surface area contributed by atoms with Gasteiger partial charge in [-0.3, -0.25) is 9.59 Å². The van der Waals surface area contributed by atoms with Crippen molar-refractivity contribution in [3.05, 3.63) is 59.5 Å². The lowest BCUT2D eigenvalue weighted by molar-refractivity contribution is -0.137. The van der Waals surface area contributed by atoms with Crippen LogP contribution in [0.15, 0.2) is 47.1 Å². The van der Waals surface area contributed by atoms with Gasteiger partial charge in [-0.25, -0.2) is 4.79 Å². The number of esters is 1. The fraction of sp³-hybridized carbons (Fsp3) is 0.278. The molecule has 0 atom stereocenters. The van der Waals surface area contributed by atoms with Gasteiger partial charge in [0.25, 0.3) is 5.91 Å². The highest BCUT2D eigenvalue weighted by atomic mass is 19.4. The first-order chi connectivity index (χ1) is 13.2. The van der Waals surface area contributed by atoms with E-state index in [0.29, 0.717) is 5.76 Å². The van der Waals surface area contributed by atoms with Crippen LogP contribution in [-0.4, -0.2) is 42.9 Å². The van der Waals surface area contributed by atoms with Crippen LogP contribution in [0.1, 0.15) is 21.7 Å². The van der Waals surface area contributed by atoms with E-state index in [9.17, 15) is 27.6 Å². The smallest absolute Gasteiger partial charge is 0.416 e. The molecule has 0 unspecified atom stereocenters. The van der Waals surface area contributed by atoms with Gasteiger partial charge in [0.15, 0.2) is 6.61 Å². The summed E-state index contributed by atoms with van der Waals surface area (Å²) in [7, 11) is 1.35. The summed E-state index contributed by atoms with van der Waals surface area (Å²) in [6.45, 7) is -0.754. The Labute approximate surface area is 158 Å². The van der Waals surface area contributed by atoms with E-state index in [-0.39, 0.29) is 18.7 Å². The first kappa shape index (κ1) is 21.0. The summed E-state index contributed by atoms with van der Waals surface area (Å²) in [5.74, 6) is -1.49. The van der Waals surface area contributed by atoms with Gasteiger partial charge in [-0.1, -0.05) is 0 Å². The van der Waals surface area contributed by atoms with E-state index < -0.39 is 36.1 Å². The molecule has 1 aromatic heterocycles. The predicted molar refractivity (Wildman–Crippen MR) is 89.9 cm³/mol. The first-order valence-corrected chi connectivity index (χ1v) is 8.04. The summed E-state index contributed by atoms with van der Waals surface area (Å²) in [5, 5.41) is 2.55. The monoisotopic (exact) mass is 398 g/mol. The number of carbonyl (C=O) groups excluding carboxylic acids is 3. The topological polar surface area (TPSA) is 88.8 Å². The van der Waals surface area contributed by atoms with Crippen molar-refractivity contribution in [3.63, 3.8) is 0 Å². The summed E-state index contributed by atoms with van der Waals surface area (Å²) in [5.41, 5.74) is -1.03. The molecule has 2 rings (SSSR count). The number of furan rings is 1. The van der Waals surface area contributed by atoms with Gasteiger partial charge in [-0.2, -0.15) is 13.2 Å². The number of likely N-dealkylation sites (N-methyl/N-ethyl adjacent to an activating group) is 1. The van der Waals surface area contributed by atoms with Crippen molar-refractivity contribution in [2.75, 3.05) is 20.2 Å². The SMILES string of the molecule is CN(CC(=O)NCc1ccco1)C(=O)COC(=O)c1ccc(C(F)(F)F)cc1. The second-order valence-corrected chi connectivity index (χ2v) is 5.76. The third kappa shape index (κ3) is 6.15. The zero-order valence-corrected chi connectivity index (χ0v) is 14.8. The number of hydrogen-bond donors (Lipinski definition) is 1. The number of benzene rings is 1. The maximum atomic E-state index is 12.5. The molecule has 1 aromatic carbocycles. The fourth-order valence-electron chi connectivity index (χ4n) is 2.07. The van der Waals surface area contributed by atoms with Crippen LogP contribution < -0.4 is 5.32 Å². The lowest BCUT2D eigenvalue weighted by atomic mass is 10.1. The van der Waals surface area contributed by atoms with E-state index >= 15 is 0 Å². The molecule has 0 spiro atoms. The average Bonchev–Trinajstić information content (AvgIpc) is 3.17. The third-order valence-corrected chi connectivity index (χ3v) is 3.62. The summed E-state index contributed by atoms with van der Waals surface area (Å²) in [6.07, 6.45) is -3.05. The summed E-state index contributed by atoms with van der Waals surface area (Å²) in [6, 6.07) is 6.75. The second kappa shape index (κ2) is 9.07. The molecule has 0 bridgehead atoms. The Morgan fingerprint density at radius 1 is 1.14 bits per heavy atom. The number of alkyl halides is 3. The van der Waals surface area contributed by atoms with Crippen LogP contribution in [-0.2, 0) is 27.0 Å². The van der Waals surface area contributed by atoms with E-state index in [2.05, 4.69) is 5.32 Å². The van der Waals surface area contributed by atoms with Gasteiger partial charge in [0, 0.05) is 7.05 Å². The standard InChI is InChI=1S/C18H17F3N2O5/c1-23(10-15(24)22-9-14-3-2-8-27-14)16(25)11-28-17(26)12-4-6-13(7-5-12)18(19,20)21/h2-8H,9-11H2,1H3,(H,22,24). The lowest BCUT2D eigenvalue weighted by Gasteiger charge is -2.16. The molecule has 7 nitrogen and oxygen atoms in total. The highest BCUT2D eigenvalue weighted by Gasteiger charge is 2.30. The Morgan fingerprint density at radius 3 is 2.39 bits per heavy atom. The molecule has 2 aromatic rings. The number of nitrogens with zero attached hydrogens (tertiary/aromatic N) is 1. The number of ether oxygens (including phenoxy) is 1. The van der Waals surface area contributed by atoms with Crippen LogP contribution in [0, 0.1) is 0 Å². The largest absolute Gasteiger partial charge is 0.467 e. The minimum absolute atomic E-state index is 0.125. The average molecular weight is 398 g/mol. The Morgan fingerprint density at radius 2 is 1.82 bits per heavy atom. The van der Waals surface area contributed by atoms with E-state index in [1.165, 1.54) is 13.3 Å². The second-order valence-electron chi connectivity index (χ2n) is 5.76. The number of nitrogens with one attached hydrogen (secondary N) is 1. The summed E-state index contributed by atoms with van der Waals surface area (Å²) >= 11 is 0. The number of amides is 2. The van der Waals surface area contributed by atoms with Crippen LogP contribution in [0.5, 0.6) is 0 Å².